The first kappa shape index (κ1) is 24.2. The van der Waals surface area contributed by atoms with Crippen molar-refractivity contribution in [3.63, 3.8) is 0 Å². The van der Waals surface area contributed by atoms with Gasteiger partial charge in [-0.2, -0.15) is 0 Å². The molecule has 98 valence electrons. The van der Waals surface area contributed by atoms with Gasteiger partial charge in [-0.3, -0.25) is 9.80 Å². The van der Waals surface area contributed by atoms with Gasteiger partial charge in [0.2, 0.25) is 0 Å². The molecule has 0 aromatic rings. The Morgan fingerprint density at radius 1 is 0.867 bits per heavy atom. The fourth-order valence-electron chi connectivity index (χ4n) is 0.783. The molecule has 0 bridgehead atoms. The van der Waals surface area contributed by atoms with Crippen molar-refractivity contribution in [3.05, 3.63) is 0 Å². The molecule has 0 aromatic heterocycles. The molecule has 0 radical (unpaired) electrons. The van der Waals surface area contributed by atoms with E-state index < -0.39 is 0 Å². The van der Waals surface area contributed by atoms with Gasteiger partial charge < -0.3 is 10.6 Å². The second kappa shape index (κ2) is 19.4. The summed E-state index contributed by atoms with van der Waals surface area (Å²) in [5.74, 6) is 0. The van der Waals surface area contributed by atoms with Gasteiger partial charge in [-0.25, -0.2) is 0 Å². The molecule has 1 saturated heterocycles. The van der Waals surface area contributed by atoms with Crippen LogP contribution in [0.25, 0.3) is 0 Å². The number of nitrogens with zero attached hydrogens (tertiary/aromatic N) is 3. The summed E-state index contributed by atoms with van der Waals surface area (Å²) >= 11 is 0. The molecule has 0 aliphatic carbocycles. The van der Waals surface area contributed by atoms with Crippen LogP contribution in [0.2, 0.25) is 0 Å². The Balaban J connectivity index is -0.0000000601. The van der Waals surface area contributed by atoms with Crippen molar-refractivity contribution in [1.82, 2.24) is 14.7 Å². The lowest BCUT2D eigenvalue weighted by molar-refractivity contribution is 0.0149. The van der Waals surface area contributed by atoms with Gasteiger partial charge in [0.05, 0.1) is 13.3 Å². The molecular weight excluding hydrogens is 188 g/mol. The highest BCUT2D eigenvalue weighted by molar-refractivity contribution is 4.58. The van der Waals surface area contributed by atoms with Crippen LogP contribution in [0.5, 0.6) is 0 Å². The van der Waals surface area contributed by atoms with Crippen LogP contribution in [0, 0.1) is 0 Å². The van der Waals surface area contributed by atoms with Gasteiger partial charge in [0.15, 0.2) is 0 Å². The molecule has 15 heavy (non-hydrogen) atoms. The monoisotopic (exact) mass is 222 g/mol. The smallest absolute Gasteiger partial charge is 0.0523 e. The maximum atomic E-state index is 4.50. The van der Waals surface area contributed by atoms with Gasteiger partial charge >= 0.3 is 0 Å². The van der Waals surface area contributed by atoms with Crippen molar-refractivity contribution in [2.45, 2.75) is 21.3 Å². The molecule has 4 heteroatoms. The Hall–Kier alpha value is -0.160. The van der Waals surface area contributed by atoms with Gasteiger partial charge in [-0.1, -0.05) is 21.3 Å². The minimum atomic E-state index is 0. The first-order valence-corrected chi connectivity index (χ1v) is 5.08. The van der Waals surface area contributed by atoms with Crippen LogP contribution in [0.1, 0.15) is 21.3 Å². The lowest BCUT2D eigenvalue weighted by Gasteiger charge is -2.36. The molecule has 2 N–H and O–H groups in total. The Morgan fingerprint density at radius 3 is 1.00 bits per heavy atom. The highest BCUT2D eigenvalue weighted by atomic mass is 15.5. The van der Waals surface area contributed by atoms with Crippen LogP contribution in [-0.2, 0) is 0 Å². The lowest BCUT2D eigenvalue weighted by atomic mass is 10.6. The van der Waals surface area contributed by atoms with Crippen molar-refractivity contribution in [1.29, 1.82) is 0 Å². The fourth-order valence-corrected chi connectivity index (χ4v) is 0.783. The van der Waals surface area contributed by atoms with Gasteiger partial charge in [0.1, 0.15) is 0 Å². The van der Waals surface area contributed by atoms with Crippen molar-refractivity contribution < 1.29 is 0 Å². The molecule has 1 aliphatic heterocycles. The largest absolute Gasteiger partial charge is 0.333 e. The first-order valence-electron chi connectivity index (χ1n) is 5.08. The summed E-state index contributed by atoms with van der Waals surface area (Å²) < 4.78 is 0. The van der Waals surface area contributed by atoms with E-state index in [1.807, 2.05) is 39.9 Å². The zero-order chi connectivity index (χ0) is 12.1. The van der Waals surface area contributed by atoms with Crippen LogP contribution in [-0.4, -0.2) is 70.3 Å². The standard InChI is InChI=1S/C4H10N2.C3H9N.C2H6.CH5N.CH4/c1-5-3-6(2)4-5;1-4(2)3;2*1-2;/h3-4H2,1-2H3;1-3H3;1-2H3;2H2,1H3;1H4. The maximum absolute atomic E-state index is 4.50. The number of nitrogens with two attached hydrogens (primary N) is 1. The molecule has 1 heterocycles. The number of hydrogen-bond acceptors (Lipinski definition) is 4. The molecule has 0 aromatic carbocycles. The first-order chi connectivity index (χ1) is 6.52. The second-order valence-corrected chi connectivity index (χ2v) is 3.34. The summed E-state index contributed by atoms with van der Waals surface area (Å²) in [4.78, 5) is 6.50. The van der Waals surface area contributed by atoms with Crippen molar-refractivity contribution in [2.75, 3.05) is 55.6 Å². The highest BCUT2D eigenvalue weighted by Crippen LogP contribution is 1.98. The van der Waals surface area contributed by atoms with E-state index in [2.05, 4.69) is 29.6 Å². The van der Waals surface area contributed by atoms with Gasteiger partial charge in [-0.05, 0) is 42.3 Å². The van der Waals surface area contributed by atoms with Crippen molar-refractivity contribution in [3.8, 4) is 0 Å². The Labute approximate surface area is 98.0 Å². The van der Waals surface area contributed by atoms with E-state index in [9.17, 15) is 0 Å². The van der Waals surface area contributed by atoms with Crippen LogP contribution >= 0.6 is 0 Å². The van der Waals surface area contributed by atoms with E-state index in [4.69, 9.17) is 0 Å². The third kappa shape index (κ3) is 31.6. The molecule has 0 atom stereocenters. The van der Waals surface area contributed by atoms with E-state index in [-0.39, 0.29) is 7.43 Å². The maximum Gasteiger partial charge on any atom is 0.0523 e. The number of rotatable bonds is 0. The summed E-state index contributed by atoms with van der Waals surface area (Å²) in [6.07, 6.45) is 0. The molecule has 1 fully saturated rings. The molecule has 0 saturated carbocycles. The average Bonchev–Trinajstić information content (AvgIpc) is 2.09. The van der Waals surface area contributed by atoms with E-state index in [0.717, 1.165) is 13.3 Å². The van der Waals surface area contributed by atoms with E-state index in [1.165, 1.54) is 7.05 Å². The summed E-state index contributed by atoms with van der Waals surface area (Å²) in [7, 11) is 11.7. The van der Waals surface area contributed by atoms with E-state index >= 15 is 0 Å². The Bertz CT molecular complexity index is 71.9. The SMILES string of the molecule is C.CC.CN.CN(C)C.CN1CN(C)C1. The molecule has 1 aliphatic rings. The normalized spacial score (nSPS) is 14.0. The molecule has 1 rings (SSSR count). The van der Waals surface area contributed by atoms with Gasteiger partial charge in [0, 0.05) is 0 Å². The van der Waals surface area contributed by atoms with Crippen LogP contribution in [0.15, 0.2) is 0 Å². The molecule has 0 unspecified atom stereocenters. The number of hydrogen-bond donors (Lipinski definition) is 1. The Morgan fingerprint density at radius 2 is 1.00 bits per heavy atom. The lowest BCUT2D eigenvalue weighted by Crippen LogP contribution is -2.50. The Kier molecular flexibility index (Phi) is 31.3. The van der Waals surface area contributed by atoms with Crippen LogP contribution in [0.4, 0.5) is 0 Å². The molecule has 0 spiro atoms. The average molecular weight is 222 g/mol. The minimum Gasteiger partial charge on any atom is -0.333 e. The minimum absolute atomic E-state index is 0. The third-order valence-corrected chi connectivity index (χ3v) is 0.966. The van der Waals surface area contributed by atoms with Gasteiger partial charge in [0.25, 0.3) is 0 Å². The van der Waals surface area contributed by atoms with Crippen LogP contribution in [0.3, 0.4) is 0 Å². The topological polar surface area (TPSA) is 35.7 Å². The quantitative estimate of drug-likeness (QED) is 0.668. The predicted octanol–water partition coefficient (Wildman–Crippen LogP) is 1.19. The van der Waals surface area contributed by atoms with Crippen LogP contribution < -0.4 is 5.73 Å². The van der Waals surface area contributed by atoms with Gasteiger partial charge in [-0.15, -0.1) is 0 Å². The third-order valence-electron chi connectivity index (χ3n) is 0.966. The van der Waals surface area contributed by atoms with Crippen molar-refractivity contribution in [2.24, 2.45) is 5.73 Å². The van der Waals surface area contributed by atoms with Crippen molar-refractivity contribution >= 4 is 0 Å². The molecular formula is C11H34N4. The second-order valence-electron chi connectivity index (χ2n) is 3.34. The summed E-state index contributed by atoms with van der Waals surface area (Å²) in [5.41, 5.74) is 4.50. The fraction of sp³-hybridized carbons (Fsp3) is 1.00. The summed E-state index contributed by atoms with van der Waals surface area (Å²) in [6.45, 7) is 6.28. The zero-order valence-corrected chi connectivity index (χ0v) is 11.3. The van der Waals surface area contributed by atoms with E-state index in [1.54, 1.807) is 0 Å². The molecule has 0 amide bonds. The zero-order valence-electron chi connectivity index (χ0n) is 11.3. The predicted molar refractivity (Wildman–Crippen MR) is 73.1 cm³/mol. The van der Waals surface area contributed by atoms with E-state index in [0.29, 0.717) is 0 Å². The highest BCUT2D eigenvalue weighted by Gasteiger charge is 2.12. The summed E-state index contributed by atoms with van der Waals surface area (Å²) in [5, 5.41) is 0. The summed E-state index contributed by atoms with van der Waals surface area (Å²) in [6, 6.07) is 0. The molecule has 4 nitrogen and oxygen atoms in total.